The zero-order valence-corrected chi connectivity index (χ0v) is 7.57. The highest BCUT2D eigenvalue weighted by Gasteiger charge is 2.03. The third kappa shape index (κ3) is 1.18. The van der Waals surface area contributed by atoms with Crippen LogP contribution in [0.5, 0.6) is 0 Å². The van der Waals surface area contributed by atoms with Gasteiger partial charge in [0.05, 0.1) is 5.69 Å². The maximum atomic E-state index is 4.27. The summed E-state index contributed by atoms with van der Waals surface area (Å²) in [6, 6.07) is 1.92. The smallest absolute Gasteiger partial charge is 0.177 e. The first-order valence-electron chi connectivity index (χ1n) is 4.05. The molecule has 2 rings (SSSR count). The number of hydrogen-bond donors (Lipinski definition) is 2. The van der Waals surface area contributed by atoms with Crippen LogP contribution in [-0.2, 0) is 0 Å². The van der Waals surface area contributed by atoms with E-state index in [0.717, 1.165) is 17.2 Å². The Bertz CT molecular complexity index is 419. The van der Waals surface area contributed by atoms with Gasteiger partial charge in [0.25, 0.3) is 0 Å². The van der Waals surface area contributed by atoms with Crippen molar-refractivity contribution in [2.75, 3.05) is 24.7 Å². The van der Waals surface area contributed by atoms with E-state index in [0.29, 0.717) is 0 Å². The Morgan fingerprint density at radius 3 is 2.85 bits per heavy atom. The molecule has 5 nitrogen and oxygen atoms in total. The molecule has 5 heteroatoms. The molecule has 0 radical (unpaired) electrons. The van der Waals surface area contributed by atoms with Gasteiger partial charge in [0.15, 0.2) is 5.65 Å². The summed E-state index contributed by atoms with van der Waals surface area (Å²) in [5.74, 6) is 0.815. The molecule has 0 spiro atoms. The van der Waals surface area contributed by atoms with Crippen LogP contribution in [0.15, 0.2) is 18.5 Å². The lowest BCUT2D eigenvalue weighted by atomic mass is 10.4. The second-order valence-corrected chi connectivity index (χ2v) is 2.64. The number of nitrogens with zero attached hydrogens (tertiary/aromatic N) is 3. The minimum atomic E-state index is 0.815. The van der Waals surface area contributed by atoms with E-state index >= 15 is 0 Å². The Morgan fingerprint density at radius 2 is 2.15 bits per heavy atom. The van der Waals surface area contributed by atoms with Crippen molar-refractivity contribution in [3.63, 3.8) is 0 Å². The summed E-state index contributed by atoms with van der Waals surface area (Å²) in [5, 5.41) is 10.3. The molecule has 2 aromatic rings. The number of fused-ring (bicyclic) bond motifs is 1. The zero-order valence-electron chi connectivity index (χ0n) is 7.57. The fourth-order valence-electron chi connectivity index (χ4n) is 1.22. The number of hydrogen-bond acceptors (Lipinski definition) is 4. The van der Waals surface area contributed by atoms with Gasteiger partial charge in [-0.2, -0.15) is 0 Å². The highest BCUT2D eigenvalue weighted by Crippen LogP contribution is 2.16. The second kappa shape index (κ2) is 2.93. The van der Waals surface area contributed by atoms with Gasteiger partial charge in [0.1, 0.15) is 5.82 Å². The Hall–Kier alpha value is -1.78. The van der Waals surface area contributed by atoms with Gasteiger partial charge in [0, 0.05) is 32.6 Å². The summed E-state index contributed by atoms with van der Waals surface area (Å²) in [5.41, 5.74) is 1.80. The number of aromatic nitrogens is 3. The molecule has 2 heterocycles. The lowest BCUT2D eigenvalue weighted by Crippen LogP contribution is -2.01. The van der Waals surface area contributed by atoms with Crippen LogP contribution in [0, 0.1) is 0 Å². The maximum Gasteiger partial charge on any atom is 0.177 e. The van der Waals surface area contributed by atoms with E-state index in [4.69, 9.17) is 0 Å². The van der Waals surface area contributed by atoms with Crippen LogP contribution >= 0.6 is 0 Å². The van der Waals surface area contributed by atoms with Crippen LogP contribution in [0.2, 0.25) is 0 Å². The van der Waals surface area contributed by atoms with E-state index in [1.165, 1.54) is 0 Å². The van der Waals surface area contributed by atoms with Crippen LogP contribution in [0.25, 0.3) is 5.65 Å². The summed E-state index contributed by atoms with van der Waals surface area (Å²) >= 11 is 0. The molecule has 0 aliphatic rings. The van der Waals surface area contributed by atoms with Gasteiger partial charge in [-0.25, -0.2) is 9.50 Å². The number of nitrogens with one attached hydrogen (secondary N) is 2. The van der Waals surface area contributed by atoms with Gasteiger partial charge in [-0.05, 0) is 0 Å². The molecule has 0 saturated heterocycles. The monoisotopic (exact) mass is 177 g/mol. The molecule has 0 unspecified atom stereocenters. The topological polar surface area (TPSA) is 54.2 Å². The first-order chi connectivity index (χ1) is 6.35. The van der Waals surface area contributed by atoms with Crippen LogP contribution < -0.4 is 10.6 Å². The van der Waals surface area contributed by atoms with Crippen molar-refractivity contribution < 1.29 is 0 Å². The quantitative estimate of drug-likeness (QED) is 0.712. The minimum Gasteiger partial charge on any atom is -0.385 e. The first kappa shape index (κ1) is 7.85. The third-order valence-corrected chi connectivity index (χ3v) is 1.88. The molecule has 0 aliphatic heterocycles. The maximum absolute atomic E-state index is 4.27. The summed E-state index contributed by atoms with van der Waals surface area (Å²) in [6.45, 7) is 0. The van der Waals surface area contributed by atoms with Gasteiger partial charge in [-0.1, -0.05) is 0 Å². The lowest BCUT2D eigenvalue weighted by molar-refractivity contribution is 0.940. The van der Waals surface area contributed by atoms with E-state index in [2.05, 4.69) is 20.7 Å². The van der Waals surface area contributed by atoms with E-state index in [9.17, 15) is 0 Å². The van der Waals surface area contributed by atoms with E-state index in [1.54, 1.807) is 10.7 Å². The van der Waals surface area contributed by atoms with Crippen molar-refractivity contribution in [1.29, 1.82) is 0 Å². The number of rotatable bonds is 2. The molecule has 0 atom stereocenters. The molecule has 0 saturated carbocycles. The number of anilines is 2. The van der Waals surface area contributed by atoms with Crippen molar-refractivity contribution in [1.82, 2.24) is 14.6 Å². The Kier molecular flexibility index (Phi) is 1.77. The highest BCUT2D eigenvalue weighted by atomic mass is 15.3. The average molecular weight is 177 g/mol. The zero-order chi connectivity index (χ0) is 9.26. The SMILES string of the molecule is CNc1cc(NC)c2nccn2n1. The molecule has 2 N–H and O–H groups in total. The van der Waals surface area contributed by atoms with Crippen molar-refractivity contribution in [3.05, 3.63) is 18.5 Å². The van der Waals surface area contributed by atoms with E-state index in [1.807, 2.05) is 26.4 Å². The molecule has 0 aromatic carbocycles. The van der Waals surface area contributed by atoms with Crippen LogP contribution in [0.1, 0.15) is 0 Å². The van der Waals surface area contributed by atoms with Gasteiger partial charge in [0.2, 0.25) is 0 Å². The fourth-order valence-corrected chi connectivity index (χ4v) is 1.22. The van der Waals surface area contributed by atoms with Crippen molar-refractivity contribution in [2.24, 2.45) is 0 Å². The summed E-state index contributed by atoms with van der Waals surface area (Å²) < 4.78 is 1.73. The molecule has 68 valence electrons. The third-order valence-electron chi connectivity index (χ3n) is 1.88. The van der Waals surface area contributed by atoms with Crippen LogP contribution in [-0.4, -0.2) is 28.7 Å². The molecule has 13 heavy (non-hydrogen) atoms. The normalized spacial score (nSPS) is 10.3. The molecular weight excluding hydrogens is 166 g/mol. The summed E-state index contributed by atoms with van der Waals surface area (Å²) in [7, 11) is 3.70. The average Bonchev–Trinajstić information content (AvgIpc) is 2.63. The van der Waals surface area contributed by atoms with Gasteiger partial charge in [-0.3, -0.25) is 0 Å². The van der Waals surface area contributed by atoms with E-state index in [-0.39, 0.29) is 0 Å². The Labute approximate surface area is 75.8 Å². The van der Waals surface area contributed by atoms with Crippen molar-refractivity contribution >= 4 is 17.2 Å². The predicted octanol–water partition coefficient (Wildman–Crippen LogP) is 0.813. The van der Waals surface area contributed by atoms with Gasteiger partial charge >= 0.3 is 0 Å². The summed E-state index contributed by atoms with van der Waals surface area (Å²) in [6.07, 6.45) is 3.54. The van der Waals surface area contributed by atoms with Crippen molar-refractivity contribution in [2.45, 2.75) is 0 Å². The molecule has 0 aliphatic carbocycles. The lowest BCUT2D eigenvalue weighted by Gasteiger charge is -2.05. The molecule has 0 amide bonds. The molecule has 0 bridgehead atoms. The van der Waals surface area contributed by atoms with Gasteiger partial charge in [-0.15, -0.1) is 5.10 Å². The Morgan fingerprint density at radius 1 is 1.31 bits per heavy atom. The highest BCUT2D eigenvalue weighted by molar-refractivity contribution is 5.69. The second-order valence-electron chi connectivity index (χ2n) is 2.64. The fraction of sp³-hybridized carbons (Fsp3) is 0.250. The number of imidazole rings is 1. The van der Waals surface area contributed by atoms with Crippen LogP contribution in [0.4, 0.5) is 11.5 Å². The minimum absolute atomic E-state index is 0.815. The van der Waals surface area contributed by atoms with Gasteiger partial charge < -0.3 is 10.6 Å². The molecule has 2 aromatic heterocycles. The predicted molar refractivity (Wildman–Crippen MR) is 52.1 cm³/mol. The van der Waals surface area contributed by atoms with E-state index < -0.39 is 0 Å². The first-order valence-corrected chi connectivity index (χ1v) is 4.05. The standard InChI is InChI=1S/C8H11N5/c1-9-6-5-7(10-2)12-13-4-3-11-8(6)13/h3-5,9H,1-2H3,(H,10,12). The van der Waals surface area contributed by atoms with Crippen molar-refractivity contribution in [3.8, 4) is 0 Å². The molecule has 0 fully saturated rings. The van der Waals surface area contributed by atoms with Crippen LogP contribution in [0.3, 0.4) is 0 Å². The molecular formula is C8H11N5. The Balaban J connectivity index is 2.70. The summed E-state index contributed by atoms with van der Waals surface area (Å²) in [4.78, 5) is 4.18. The largest absolute Gasteiger partial charge is 0.385 e.